The molecule has 1 aliphatic heterocycles. The average molecular weight is 618 g/mol. The molecule has 0 aliphatic carbocycles. The first-order chi connectivity index (χ1) is 19.6. The van der Waals surface area contributed by atoms with Gasteiger partial charge in [0.1, 0.15) is 0 Å². The zero-order valence-electron chi connectivity index (χ0n) is 23.8. The predicted octanol–water partition coefficient (Wildman–Crippen LogP) is 6.32. The first kappa shape index (κ1) is 30.9. The molecule has 7 nitrogen and oxygen atoms in total. The summed E-state index contributed by atoms with van der Waals surface area (Å²) in [6, 6.07) is 9.78. The van der Waals surface area contributed by atoms with E-state index in [-0.39, 0.29) is 18.1 Å². The third-order valence-electron chi connectivity index (χ3n) is 6.55. The molecule has 0 spiro atoms. The summed E-state index contributed by atoms with van der Waals surface area (Å²) >= 11 is 13.7. The number of aromatic nitrogens is 1. The second kappa shape index (κ2) is 13.7. The number of ether oxygens (including phenoxy) is 3. The number of benzene rings is 2. The van der Waals surface area contributed by atoms with Gasteiger partial charge in [-0.3, -0.25) is 9.36 Å². The number of unbranched alkanes of at least 4 members (excludes halogenated alkanes) is 2. The molecule has 10 heteroatoms. The van der Waals surface area contributed by atoms with Crippen LogP contribution in [-0.2, 0) is 9.53 Å². The smallest absolute Gasteiger partial charge is 0.338 e. The molecule has 0 radical (unpaired) electrons. The Morgan fingerprint density at radius 1 is 1.15 bits per heavy atom. The first-order valence-corrected chi connectivity index (χ1v) is 15.2. The highest BCUT2D eigenvalue weighted by Gasteiger charge is 2.34. The van der Waals surface area contributed by atoms with Crippen molar-refractivity contribution in [3.05, 3.63) is 88.5 Å². The largest absolute Gasteiger partial charge is 0.493 e. The Morgan fingerprint density at radius 3 is 2.61 bits per heavy atom. The van der Waals surface area contributed by atoms with Crippen molar-refractivity contribution in [2.75, 3.05) is 20.3 Å². The number of hydrogen-bond acceptors (Lipinski definition) is 7. The number of halogens is 2. The fourth-order valence-electron chi connectivity index (χ4n) is 4.49. The Morgan fingerprint density at radius 2 is 1.93 bits per heavy atom. The van der Waals surface area contributed by atoms with Crippen LogP contribution in [0.3, 0.4) is 0 Å². The van der Waals surface area contributed by atoms with Gasteiger partial charge in [0.15, 0.2) is 16.3 Å². The Kier molecular flexibility index (Phi) is 10.3. The fourth-order valence-corrected chi connectivity index (χ4v) is 5.99. The van der Waals surface area contributed by atoms with Crippen molar-refractivity contribution in [1.82, 2.24) is 4.57 Å². The van der Waals surface area contributed by atoms with Gasteiger partial charge in [0.2, 0.25) is 0 Å². The molecule has 1 aliphatic rings. The third kappa shape index (κ3) is 7.05. The molecule has 2 heterocycles. The standard InChI is InChI=1S/C31H34Cl2N2O5S/c1-6-7-8-13-39-24-12-10-21(14-25(24)38-5)28-27(30(37)40-17-18(2)3)19(4)34-31-35(28)29(36)26(41-31)15-20-9-11-22(32)16-23(20)33/h9-12,14-16,18,28H,6-8,13,17H2,1-5H3/b26-15-. The lowest BCUT2D eigenvalue weighted by Crippen LogP contribution is -2.40. The summed E-state index contributed by atoms with van der Waals surface area (Å²) in [4.78, 5) is 32.5. The maximum absolute atomic E-state index is 13.9. The molecule has 0 amide bonds. The van der Waals surface area contributed by atoms with E-state index in [9.17, 15) is 9.59 Å². The van der Waals surface area contributed by atoms with E-state index >= 15 is 0 Å². The van der Waals surface area contributed by atoms with Gasteiger partial charge in [-0.25, -0.2) is 9.79 Å². The van der Waals surface area contributed by atoms with Crippen LogP contribution in [0.15, 0.2) is 57.5 Å². The zero-order valence-corrected chi connectivity index (χ0v) is 26.2. The summed E-state index contributed by atoms with van der Waals surface area (Å²) in [5, 5.41) is 0.925. The van der Waals surface area contributed by atoms with Crippen molar-refractivity contribution in [3.8, 4) is 11.5 Å². The monoisotopic (exact) mass is 616 g/mol. The number of carbonyl (C=O) groups is 1. The summed E-state index contributed by atoms with van der Waals surface area (Å²) in [7, 11) is 1.57. The number of rotatable bonds is 11. The summed E-state index contributed by atoms with van der Waals surface area (Å²) in [5.74, 6) is 0.743. The van der Waals surface area contributed by atoms with Crippen LogP contribution in [0.1, 0.15) is 64.1 Å². The molecule has 4 rings (SSSR count). The average Bonchev–Trinajstić information content (AvgIpc) is 3.24. The Labute approximate surface area is 253 Å². The van der Waals surface area contributed by atoms with Crippen molar-refractivity contribution < 1.29 is 19.0 Å². The van der Waals surface area contributed by atoms with E-state index < -0.39 is 12.0 Å². The van der Waals surface area contributed by atoms with Crippen LogP contribution in [0.5, 0.6) is 11.5 Å². The predicted molar refractivity (Wildman–Crippen MR) is 164 cm³/mol. The highest BCUT2D eigenvalue weighted by atomic mass is 35.5. The molecule has 0 bridgehead atoms. The van der Waals surface area contributed by atoms with E-state index in [1.807, 2.05) is 32.0 Å². The molecule has 0 N–H and O–H groups in total. The van der Waals surface area contributed by atoms with Crippen molar-refractivity contribution in [3.63, 3.8) is 0 Å². The normalized spacial score (nSPS) is 15.1. The second-order valence-electron chi connectivity index (χ2n) is 10.2. The van der Waals surface area contributed by atoms with Crippen LogP contribution in [0.2, 0.25) is 10.0 Å². The summed E-state index contributed by atoms with van der Waals surface area (Å²) in [6.07, 6.45) is 4.81. The van der Waals surface area contributed by atoms with Crippen LogP contribution in [0.4, 0.5) is 0 Å². The van der Waals surface area contributed by atoms with Gasteiger partial charge < -0.3 is 14.2 Å². The van der Waals surface area contributed by atoms with Gasteiger partial charge in [0.05, 0.1) is 42.2 Å². The number of carbonyl (C=O) groups excluding carboxylic acids is 1. The molecule has 1 aromatic heterocycles. The van der Waals surface area contributed by atoms with Gasteiger partial charge in [-0.1, -0.05) is 80.3 Å². The molecule has 218 valence electrons. The van der Waals surface area contributed by atoms with Crippen molar-refractivity contribution >= 4 is 46.6 Å². The van der Waals surface area contributed by atoms with Gasteiger partial charge >= 0.3 is 5.97 Å². The molecule has 41 heavy (non-hydrogen) atoms. The van der Waals surface area contributed by atoms with E-state index in [4.69, 9.17) is 37.4 Å². The number of hydrogen-bond donors (Lipinski definition) is 0. The molecule has 2 aromatic carbocycles. The molecule has 0 saturated heterocycles. The molecule has 1 atom stereocenters. The highest BCUT2D eigenvalue weighted by Crippen LogP contribution is 2.36. The second-order valence-corrected chi connectivity index (χ2v) is 12.1. The number of allylic oxidation sites excluding steroid dienone is 1. The molecule has 3 aromatic rings. The lowest BCUT2D eigenvalue weighted by Gasteiger charge is -2.25. The summed E-state index contributed by atoms with van der Waals surface area (Å²) < 4.78 is 19.2. The molecule has 0 fully saturated rings. The Balaban J connectivity index is 1.86. The minimum absolute atomic E-state index is 0.146. The van der Waals surface area contributed by atoms with E-state index in [0.717, 1.165) is 19.3 Å². The number of methoxy groups -OCH3 is 1. The highest BCUT2D eigenvalue weighted by molar-refractivity contribution is 7.07. The number of thiazole rings is 1. The van der Waals surface area contributed by atoms with E-state index in [0.29, 0.717) is 59.9 Å². The lowest BCUT2D eigenvalue weighted by molar-refractivity contribution is -0.140. The van der Waals surface area contributed by atoms with Crippen molar-refractivity contribution in [1.29, 1.82) is 0 Å². The minimum atomic E-state index is -0.781. The van der Waals surface area contributed by atoms with Gasteiger partial charge in [0, 0.05) is 10.0 Å². The molecule has 0 saturated carbocycles. The van der Waals surface area contributed by atoms with Crippen molar-refractivity contribution in [2.45, 2.75) is 53.0 Å². The summed E-state index contributed by atoms with van der Waals surface area (Å²) in [5.41, 5.74) is 1.81. The topological polar surface area (TPSA) is 79.1 Å². The quantitative estimate of drug-likeness (QED) is 0.186. The SMILES string of the molecule is CCCCCOc1ccc(C2C(C(=O)OCC(C)C)=C(C)N=c3s/c(=C\c4ccc(Cl)cc4Cl)c(=O)n32)cc1OC. The molecular formula is C31H34Cl2N2O5S. The van der Waals surface area contributed by atoms with Crippen LogP contribution in [-0.4, -0.2) is 30.9 Å². The number of esters is 1. The fraction of sp³-hybridized carbons (Fsp3) is 0.387. The van der Waals surface area contributed by atoms with Gasteiger partial charge in [-0.2, -0.15) is 0 Å². The molecule has 1 unspecified atom stereocenters. The third-order valence-corrected chi connectivity index (χ3v) is 8.09. The van der Waals surface area contributed by atoms with Crippen LogP contribution < -0.4 is 24.4 Å². The maximum Gasteiger partial charge on any atom is 0.338 e. The van der Waals surface area contributed by atoms with Gasteiger partial charge in [-0.05, 0) is 60.7 Å². The van der Waals surface area contributed by atoms with Crippen LogP contribution >= 0.6 is 34.5 Å². The summed E-state index contributed by atoms with van der Waals surface area (Å²) in [6.45, 7) is 8.64. The van der Waals surface area contributed by atoms with E-state index in [2.05, 4.69) is 11.9 Å². The van der Waals surface area contributed by atoms with Crippen molar-refractivity contribution in [2.24, 2.45) is 10.9 Å². The Bertz CT molecular complexity index is 1640. The van der Waals surface area contributed by atoms with Gasteiger partial charge in [-0.15, -0.1) is 0 Å². The van der Waals surface area contributed by atoms with Crippen LogP contribution in [0, 0.1) is 5.92 Å². The number of nitrogens with zero attached hydrogens (tertiary/aromatic N) is 2. The lowest BCUT2D eigenvalue weighted by atomic mass is 9.95. The van der Waals surface area contributed by atoms with Gasteiger partial charge in [0.25, 0.3) is 5.56 Å². The first-order valence-electron chi connectivity index (χ1n) is 13.6. The minimum Gasteiger partial charge on any atom is -0.493 e. The molecular weight excluding hydrogens is 583 g/mol. The van der Waals surface area contributed by atoms with E-state index in [1.165, 1.54) is 15.9 Å². The maximum atomic E-state index is 13.9. The zero-order chi connectivity index (χ0) is 29.7. The Hall–Kier alpha value is -3.07. The van der Waals surface area contributed by atoms with Crippen LogP contribution in [0.25, 0.3) is 6.08 Å². The van der Waals surface area contributed by atoms with E-state index in [1.54, 1.807) is 38.3 Å². The number of fused-ring (bicyclic) bond motifs is 1.